The third kappa shape index (κ3) is 3.93. The Morgan fingerprint density at radius 1 is 1.25 bits per heavy atom. The fourth-order valence-corrected chi connectivity index (χ4v) is 2.88. The number of hydrogen-bond donors (Lipinski definition) is 3. The lowest BCUT2D eigenvalue weighted by molar-refractivity contribution is -0.385. The average Bonchev–Trinajstić information content (AvgIpc) is 2.66. The number of nitrogens with one attached hydrogen (secondary N) is 2. The van der Waals surface area contributed by atoms with Crippen LogP contribution in [-0.4, -0.2) is 22.0 Å². The molecule has 3 rings (SSSR count). The number of carbonyl (C=O) groups excluding carboxylic acids is 2. The average molecular weight is 383 g/mol. The highest BCUT2D eigenvalue weighted by molar-refractivity contribution is 5.95. The zero-order valence-electron chi connectivity index (χ0n) is 14.8. The normalized spacial score (nSPS) is 16.2. The maximum Gasteiger partial charge on any atom is 0.338 e. The Morgan fingerprint density at radius 3 is 2.64 bits per heavy atom. The molecule has 0 aromatic heterocycles. The molecule has 0 radical (unpaired) electrons. The van der Waals surface area contributed by atoms with Crippen molar-refractivity contribution in [2.24, 2.45) is 0 Å². The lowest BCUT2D eigenvalue weighted by Gasteiger charge is -2.28. The van der Waals surface area contributed by atoms with E-state index in [1.54, 1.807) is 19.1 Å². The molecular weight excluding hydrogens is 366 g/mol. The summed E-state index contributed by atoms with van der Waals surface area (Å²) in [6.45, 7) is 1.58. The van der Waals surface area contributed by atoms with Gasteiger partial charge in [-0.2, -0.15) is 0 Å². The van der Waals surface area contributed by atoms with Crippen LogP contribution >= 0.6 is 0 Å². The molecule has 0 spiro atoms. The number of allylic oxidation sites excluding steroid dienone is 1. The molecule has 2 amide bonds. The number of nitro groups is 1. The van der Waals surface area contributed by atoms with Crippen molar-refractivity contribution >= 4 is 17.7 Å². The number of phenols is 1. The molecule has 0 bridgehead atoms. The van der Waals surface area contributed by atoms with Gasteiger partial charge in [-0.1, -0.05) is 36.4 Å². The first kappa shape index (κ1) is 18.9. The molecule has 1 atom stereocenters. The maximum atomic E-state index is 12.7. The van der Waals surface area contributed by atoms with E-state index in [0.717, 1.165) is 17.7 Å². The van der Waals surface area contributed by atoms with E-state index in [0.29, 0.717) is 0 Å². The van der Waals surface area contributed by atoms with Gasteiger partial charge in [0.05, 0.1) is 16.5 Å². The van der Waals surface area contributed by atoms with Gasteiger partial charge in [0.15, 0.2) is 5.75 Å². The van der Waals surface area contributed by atoms with Crippen LogP contribution in [0.2, 0.25) is 0 Å². The molecule has 0 saturated carbocycles. The largest absolute Gasteiger partial charge is 0.502 e. The molecule has 9 heteroatoms. The summed E-state index contributed by atoms with van der Waals surface area (Å²) in [7, 11) is 0. The number of benzene rings is 2. The number of urea groups is 1. The van der Waals surface area contributed by atoms with Crippen LogP contribution in [-0.2, 0) is 16.1 Å². The number of amides is 2. The zero-order valence-corrected chi connectivity index (χ0v) is 14.8. The van der Waals surface area contributed by atoms with E-state index < -0.39 is 34.4 Å². The molecule has 1 unspecified atom stereocenters. The van der Waals surface area contributed by atoms with Crippen molar-refractivity contribution < 1.29 is 24.4 Å². The number of carbonyl (C=O) groups is 2. The smallest absolute Gasteiger partial charge is 0.338 e. The summed E-state index contributed by atoms with van der Waals surface area (Å²) in [6.07, 6.45) is 0. The molecule has 2 aromatic rings. The van der Waals surface area contributed by atoms with Gasteiger partial charge in [0, 0.05) is 11.8 Å². The van der Waals surface area contributed by atoms with Gasteiger partial charge >= 0.3 is 17.7 Å². The number of aromatic hydroxyl groups is 1. The Morgan fingerprint density at radius 2 is 1.96 bits per heavy atom. The number of nitro benzene ring substituents is 1. The first-order valence-corrected chi connectivity index (χ1v) is 8.33. The van der Waals surface area contributed by atoms with Crippen LogP contribution in [0.1, 0.15) is 24.1 Å². The summed E-state index contributed by atoms with van der Waals surface area (Å²) < 4.78 is 5.36. The Labute approximate surface area is 159 Å². The van der Waals surface area contributed by atoms with Crippen molar-refractivity contribution in [3.05, 3.63) is 81.0 Å². The minimum Gasteiger partial charge on any atom is -0.502 e. The van der Waals surface area contributed by atoms with Gasteiger partial charge in [0.1, 0.15) is 6.61 Å². The number of esters is 1. The summed E-state index contributed by atoms with van der Waals surface area (Å²) in [5.74, 6) is -1.18. The molecule has 0 fully saturated rings. The standard InChI is InChI=1S/C19H17N3O6/c1-11-16(18(24)28-10-12-5-3-2-4-6-12)17(21-19(25)20-11)13-7-8-15(23)14(9-13)22(26)27/h2-9,17,23H,10H2,1H3,(H2,20,21,25). The third-order valence-corrected chi connectivity index (χ3v) is 4.23. The molecule has 0 saturated heterocycles. The van der Waals surface area contributed by atoms with E-state index in [9.17, 15) is 24.8 Å². The molecule has 1 aliphatic rings. The van der Waals surface area contributed by atoms with Crippen LogP contribution in [0.25, 0.3) is 0 Å². The van der Waals surface area contributed by atoms with Crippen LogP contribution in [0.3, 0.4) is 0 Å². The molecule has 9 nitrogen and oxygen atoms in total. The van der Waals surface area contributed by atoms with E-state index in [2.05, 4.69) is 10.6 Å². The summed E-state index contributed by atoms with van der Waals surface area (Å²) in [6, 6.07) is 11.2. The molecule has 28 heavy (non-hydrogen) atoms. The summed E-state index contributed by atoms with van der Waals surface area (Å²) in [5, 5.41) is 25.8. The summed E-state index contributed by atoms with van der Waals surface area (Å²) in [4.78, 5) is 35.0. The van der Waals surface area contributed by atoms with Gasteiger partial charge < -0.3 is 20.5 Å². The minimum atomic E-state index is -0.962. The third-order valence-electron chi connectivity index (χ3n) is 4.23. The summed E-state index contributed by atoms with van der Waals surface area (Å²) >= 11 is 0. The SMILES string of the molecule is CC1=C(C(=O)OCc2ccccc2)C(c2ccc(O)c([N+](=O)[O-])c2)NC(=O)N1. The Hall–Kier alpha value is -3.88. The van der Waals surface area contributed by atoms with Crippen LogP contribution in [0.4, 0.5) is 10.5 Å². The van der Waals surface area contributed by atoms with E-state index in [-0.39, 0.29) is 23.4 Å². The first-order chi connectivity index (χ1) is 13.4. The topological polar surface area (TPSA) is 131 Å². The molecular formula is C19H17N3O6. The molecule has 1 heterocycles. The number of rotatable bonds is 5. The van der Waals surface area contributed by atoms with E-state index in [1.165, 1.54) is 6.07 Å². The second-order valence-corrected chi connectivity index (χ2v) is 6.14. The fraction of sp³-hybridized carbons (Fsp3) is 0.158. The zero-order chi connectivity index (χ0) is 20.3. The Kier molecular flexibility index (Phi) is 5.25. The van der Waals surface area contributed by atoms with Crippen molar-refractivity contribution in [3.8, 4) is 5.75 Å². The van der Waals surface area contributed by atoms with E-state index >= 15 is 0 Å². The Bertz CT molecular complexity index is 971. The van der Waals surface area contributed by atoms with E-state index in [1.807, 2.05) is 18.2 Å². The first-order valence-electron chi connectivity index (χ1n) is 8.33. The van der Waals surface area contributed by atoms with Gasteiger partial charge in [0.2, 0.25) is 0 Å². The highest BCUT2D eigenvalue weighted by atomic mass is 16.6. The minimum absolute atomic E-state index is 0.0346. The summed E-state index contributed by atoms with van der Waals surface area (Å²) in [5.41, 5.74) is 0.932. The highest BCUT2D eigenvalue weighted by Crippen LogP contribution is 2.33. The molecule has 144 valence electrons. The van der Waals surface area contributed by atoms with Gasteiger partial charge in [-0.25, -0.2) is 9.59 Å². The second-order valence-electron chi connectivity index (χ2n) is 6.14. The van der Waals surface area contributed by atoms with Crippen molar-refractivity contribution in [1.29, 1.82) is 0 Å². The predicted octanol–water partition coefficient (Wildman–Crippen LogP) is 2.67. The van der Waals surface area contributed by atoms with Crippen molar-refractivity contribution in [3.63, 3.8) is 0 Å². The predicted molar refractivity (Wildman–Crippen MR) is 98.1 cm³/mol. The lowest BCUT2D eigenvalue weighted by atomic mass is 9.95. The number of phenolic OH excluding ortho intramolecular Hbond substituents is 1. The quantitative estimate of drug-likeness (QED) is 0.413. The number of ether oxygens (including phenoxy) is 1. The Balaban J connectivity index is 1.91. The van der Waals surface area contributed by atoms with Gasteiger partial charge in [-0.05, 0) is 24.1 Å². The lowest BCUT2D eigenvalue weighted by Crippen LogP contribution is -2.45. The molecule has 2 aromatic carbocycles. The van der Waals surface area contributed by atoms with Crippen molar-refractivity contribution in [2.45, 2.75) is 19.6 Å². The van der Waals surface area contributed by atoms with Crippen LogP contribution in [0.5, 0.6) is 5.75 Å². The van der Waals surface area contributed by atoms with Crippen molar-refractivity contribution in [1.82, 2.24) is 10.6 Å². The molecule has 1 aliphatic heterocycles. The number of hydrogen-bond acceptors (Lipinski definition) is 6. The molecule has 3 N–H and O–H groups in total. The van der Waals surface area contributed by atoms with Crippen LogP contribution in [0, 0.1) is 10.1 Å². The van der Waals surface area contributed by atoms with Gasteiger partial charge in [-0.15, -0.1) is 0 Å². The van der Waals surface area contributed by atoms with Crippen LogP contribution < -0.4 is 10.6 Å². The van der Waals surface area contributed by atoms with Gasteiger partial charge in [-0.3, -0.25) is 10.1 Å². The van der Waals surface area contributed by atoms with E-state index in [4.69, 9.17) is 4.74 Å². The number of nitrogens with zero attached hydrogens (tertiary/aromatic N) is 1. The van der Waals surface area contributed by atoms with Crippen LogP contribution in [0.15, 0.2) is 59.8 Å². The fourth-order valence-electron chi connectivity index (χ4n) is 2.88. The highest BCUT2D eigenvalue weighted by Gasteiger charge is 2.33. The maximum absolute atomic E-state index is 12.7. The molecule has 0 aliphatic carbocycles. The van der Waals surface area contributed by atoms with Gasteiger partial charge in [0.25, 0.3) is 0 Å². The second kappa shape index (κ2) is 7.78. The monoisotopic (exact) mass is 383 g/mol. The van der Waals surface area contributed by atoms with Crippen molar-refractivity contribution in [2.75, 3.05) is 0 Å².